The molecular formula is C19H14BrN3O3S. The number of methoxy groups -OCH3 is 1. The molecule has 0 bridgehead atoms. The average molecular weight is 444 g/mol. The number of hydrogen-bond donors (Lipinski definition) is 2. The van der Waals surface area contributed by atoms with Crippen molar-refractivity contribution in [3.05, 3.63) is 58.4 Å². The van der Waals surface area contributed by atoms with Gasteiger partial charge in [-0.15, -0.1) is 11.3 Å². The molecule has 0 aliphatic heterocycles. The van der Waals surface area contributed by atoms with Crippen molar-refractivity contribution in [1.29, 1.82) is 0 Å². The summed E-state index contributed by atoms with van der Waals surface area (Å²) in [5.74, 6) is 1.23. The Morgan fingerprint density at radius 3 is 2.89 bits per heavy atom. The molecule has 0 spiro atoms. The van der Waals surface area contributed by atoms with Gasteiger partial charge >= 0.3 is 6.03 Å². The van der Waals surface area contributed by atoms with Crippen molar-refractivity contribution in [2.75, 3.05) is 17.7 Å². The van der Waals surface area contributed by atoms with Gasteiger partial charge in [0.05, 0.1) is 12.8 Å². The van der Waals surface area contributed by atoms with Crippen LogP contribution in [0.25, 0.3) is 22.4 Å². The second-order valence-electron chi connectivity index (χ2n) is 5.61. The van der Waals surface area contributed by atoms with Gasteiger partial charge in [-0.1, -0.05) is 28.1 Å². The van der Waals surface area contributed by atoms with E-state index in [2.05, 4.69) is 31.5 Å². The van der Waals surface area contributed by atoms with Gasteiger partial charge in [-0.05, 0) is 36.4 Å². The number of urea groups is 1. The van der Waals surface area contributed by atoms with Gasteiger partial charge in [0.15, 0.2) is 10.9 Å². The summed E-state index contributed by atoms with van der Waals surface area (Å²) in [6.07, 6.45) is 0. The normalized spacial score (nSPS) is 10.7. The maximum atomic E-state index is 12.2. The maximum absolute atomic E-state index is 12.2. The summed E-state index contributed by atoms with van der Waals surface area (Å²) in [7, 11) is 1.55. The number of fused-ring (bicyclic) bond motifs is 1. The van der Waals surface area contributed by atoms with E-state index in [0.717, 1.165) is 15.4 Å². The highest BCUT2D eigenvalue weighted by Gasteiger charge is 2.13. The number of anilines is 2. The Morgan fingerprint density at radius 2 is 2.04 bits per heavy atom. The third kappa shape index (κ3) is 3.81. The van der Waals surface area contributed by atoms with Crippen LogP contribution >= 0.6 is 27.3 Å². The van der Waals surface area contributed by atoms with Gasteiger partial charge in [-0.2, -0.15) is 0 Å². The number of halogens is 1. The summed E-state index contributed by atoms with van der Waals surface area (Å²) in [6, 6.07) is 14.5. The van der Waals surface area contributed by atoms with E-state index in [0.29, 0.717) is 28.0 Å². The van der Waals surface area contributed by atoms with Crippen LogP contribution in [0.15, 0.2) is 62.8 Å². The van der Waals surface area contributed by atoms with Crippen molar-refractivity contribution in [2.45, 2.75) is 0 Å². The molecule has 27 heavy (non-hydrogen) atoms. The predicted molar refractivity (Wildman–Crippen MR) is 111 cm³/mol. The van der Waals surface area contributed by atoms with Crippen LogP contribution in [0.5, 0.6) is 5.75 Å². The molecule has 0 radical (unpaired) electrons. The molecule has 136 valence electrons. The van der Waals surface area contributed by atoms with Crippen molar-refractivity contribution in [3.8, 4) is 17.2 Å². The smallest absolute Gasteiger partial charge is 0.325 e. The molecule has 0 aliphatic carbocycles. The monoisotopic (exact) mass is 443 g/mol. The number of nitrogens with zero attached hydrogens (tertiary/aromatic N) is 1. The van der Waals surface area contributed by atoms with E-state index in [1.807, 2.05) is 41.8 Å². The first-order valence-electron chi connectivity index (χ1n) is 7.98. The number of rotatable bonds is 4. The van der Waals surface area contributed by atoms with E-state index in [9.17, 15) is 4.79 Å². The van der Waals surface area contributed by atoms with Crippen LogP contribution in [0.3, 0.4) is 0 Å². The number of amides is 2. The molecule has 8 heteroatoms. The zero-order valence-electron chi connectivity index (χ0n) is 14.2. The minimum Gasteiger partial charge on any atom is -0.495 e. The summed E-state index contributed by atoms with van der Waals surface area (Å²) in [5, 5.41) is 8.77. The van der Waals surface area contributed by atoms with Crippen LogP contribution in [0.2, 0.25) is 0 Å². The number of ether oxygens (including phenoxy) is 1. The standard InChI is InChI=1S/C19H14BrN3O3S/c1-25-16-5-3-2-4-13(16)21-18(24)23-19-22-14(10-27-19)17-9-11-8-12(20)6-7-15(11)26-17/h2-10H,1H3,(H2,21,22,23,24). The van der Waals surface area contributed by atoms with Gasteiger partial charge in [0.25, 0.3) is 0 Å². The van der Waals surface area contributed by atoms with E-state index in [1.54, 1.807) is 19.2 Å². The molecule has 0 aliphatic rings. The van der Waals surface area contributed by atoms with Crippen molar-refractivity contribution in [1.82, 2.24) is 4.98 Å². The Bertz CT molecular complexity index is 1120. The number of aromatic nitrogens is 1. The van der Waals surface area contributed by atoms with Crippen LogP contribution < -0.4 is 15.4 Å². The summed E-state index contributed by atoms with van der Waals surface area (Å²) >= 11 is 4.77. The molecule has 0 unspecified atom stereocenters. The first kappa shape index (κ1) is 17.6. The molecule has 0 saturated carbocycles. The molecule has 0 saturated heterocycles. The molecule has 0 atom stereocenters. The molecule has 2 N–H and O–H groups in total. The van der Waals surface area contributed by atoms with Crippen molar-refractivity contribution in [3.63, 3.8) is 0 Å². The zero-order valence-corrected chi connectivity index (χ0v) is 16.6. The van der Waals surface area contributed by atoms with Crippen molar-refractivity contribution < 1.29 is 13.9 Å². The number of nitrogens with one attached hydrogen (secondary N) is 2. The summed E-state index contributed by atoms with van der Waals surface area (Å²) in [4.78, 5) is 16.7. The highest BCUT2D eigenvalue weighted by molar-refractivity contribution is 9.10. The largest absolute Gasteiger partial charge is 0.495 e. The Morgan fingerprint density at radius 1 is 1.19 bits per heavy atom. The topological polar surface area (TPSA) is 76.4 Å². The molecule has 2 aromatic carbocycles. The number of thiazole rings is 1. The lowest BCUT2D eigenvalue weighted by Crippen LogP contribution is -2.19. The van der Waals surface area contributed by atoms with Gasteiger partial charge in [-0.25, -0.2) is 9.78 Å². The number of carbonyl (C=O) groups is 1. The molecule has 2 heterocycles. The second-order valence-corrected chi connectivity index (χ2v) is 7.38. The van der Waals surface area contributed by atoms with E-state index in [4.69, 9.17) is 9.15 Å². The fourth-order valence-electron chi connectivity index (χ4n) is 2.58. The lowest BCUT2D eigenvalue weighted by atomic mass is 10.2. The number of para-hydroxylation sites is 2. The second kappa shape index (κ2) is 7.42. The highest BCUT2D eigenvalue weighted by atomic mass is 79.9. The van der Waals surface area contributed by atoms with Crippen LogP contribution in [-0.2, 0) is 0 Å². The van der Waals surface area contributed by atoms with Gasteiger partial charge in [0.1, 0.15) is 17.0 Å². The van der Waals surface area contributed by atoms with Crippen LogP contribution in [0, 0.1) is 0 Å². The molecule has 4 rings (SSSR count). The Balaban J connectivity index is 1.49. The van der Waals surface area contributed by atoms with Crippen LogP contribution in [0.4, 0.5) is 15.6 Å². The van der Waals surface area contributed by atoms with E-state index >= 15 is 0 Å². The number of furan rings is 1. The van der Waals surface area contributed by atoms with Gasteiger partial charge < -0.3 is 14.5 Å². The highest BCUT2D eigenvalue weighted by Crippen LogP contribution is 2.31. The molecular weight excluding hydrogens is 430 g/mol. The number of hydrogen-bond acceptors (Lipinski definition) is 5. The van der Waals surface area contributed by atoms with E-state index in [1.165, 1.54) is 11.3 Å². The number of carbonyl (C=O) groups excluding carboxylic acids is 1. The minimum absolute atomic E-state index is 0.395. The number of benzene rings is 2. The predicted octanol–water partition coefficient (Wildman–Crippen LogP) is 5.97. The molecule has 2 amide bonds. The fraction of sp³-hybridized carbons (Fsp3) is 0.0526. The first-order valence-corrected chi connectivity index (χ1v) is 9.65. The SMILES string of the molecule is COc1ccccc1NC(=O)Nc1nc(-c2cc3cc(Br)ccc3o2)cs1. The Kier molecular flexibility index (Phi) is 4.83. The Hall–Kier alpha value is -2.84. The lowest BCUT2D eigenvalue weighted by molar-refractivity contribution is 0.262. The zero-order chi connectivity index (χ0) is 18.8. The van der Waals surface area contributed by atoms with Gasteiger partial charge in [0, 0.05) is 15.2 Å². The minimum atomic E-state index is -0.395. The van der Waals surface area contributed by atoms with E-state index in [-0.39, 0.29) is 0 Å². The average Bonchev–Trinajstić information content (AvgIpc) is 3.28. The third-order valence-corrected chi connectivity index (χ3v) is 5.06. The van der Waals surface area contributed by atoms with Crippen molar-refractivity contribution >= 4 is 55.1 Å². The quantitative estimate of drug-likeness (QED) is 0.407. The Labute approximate surface area is 167 Å². The molecule has 0 fully saturated rings. The summed E-state index contributed by atoms with van der Waals surface area (Å²) in [5.41, 5.74) is 2.03. The van der Waals surface area contributed by atoms with Crippen molar-refractivity contribution in [2.24, 2.45) is 0 Å². The van der Waals surface area contributed by atoms with Crippen LogP contribution in [0.1, 0.15) is 0 Å². The molecule has 6 nitrogen and oxygen atoms in total. The first-order chi connectivity index (χ1) is 13.1. The molecule has 4 aromatic rings. The molecule has 2 aromatic heterocycles. The van der Waals surface area contributed by atoms with Gasteiger partial charge in [0.2, 0.25) is 0 Å². The van der Waals surface area contributed by atoms with E-state index < -0.39 is 6.03 Å². The third-order valence-electron chi connectivity index (χ3n) is 3.81. The summed E-state index contributed by atoms with van der Waals surface area (Å²) in [6.45, 7) is 0. The summed E-state index contributed by atoms with van der Waals surface area (Å²) < 4.78 is 12.0. The fourth-order valence-corrected chi connectivity index (χ4v) is 3.66. The van der Waals surface area contributed by atoms with Gasteiger partial charge in [-0.3, -0.25) is 5.32 Å². The van der Waals surface area contributed by atoms with Crippen LogP contribution in [-0.4, -0.2) is 18.1 Å². The maximum Gasteiger partial charge on any atom is 0.325 e. The lowest BCUT2D eigenvalue weighted by Gasteiger charge is -2.09.